The minimum absolute atomic E-state index is 0.149. The minimum atomic E-state index is -2.39. The van der Waals surface area contributed by atoms with Gasteiger partial charge in [0.2, 0.25) is 0 Å². The van der Waals surface area contributed by atoms with Crippen LogP contribution in [0.25, 0.3) is 0 Å². The summed E-state index contributed by atoms with van der Waals surface area (Å²) in [5.41, 5.74) is -2.02. The summed E-state index contributed by atoms with van der Waals surface area (Å²) < 4.78 is 5.43. The monoisotopic (exact) mass is 558 g/mol. The molecule has 0 aromatic heterocycles. The van der Waals surface area contributed by atoms with Gasteiger partial charge in [-0.1, -0.05) is 31.9 Å². The van der Waals surface area contributed by atoms with Gasteiger partial charge in [0.1, 0.15) is 0 Å². The normalized spacial score (nSPS) is 12.7. The Morgan fingerprint density at radius 2 is 1.48 bits per heavy atom. The number of nitro groups is 2. The van der Waals surface area contributed by atoms with Gasteiger partial charge < -0.3 is 9.84 Å². The van der Waals surface area contributed by atoms with Crippen LogP contribution in [0.2, 0.25) is 0 Å². The Morgan fingerprint density at radius 3 is 2.00 bits per heavy atom. The molecule has 1 N–H and O–H groups in total. The molecular formula is C19H16Br2N2O8. The smallest absolute Gasteiger partial charge is 0.350 e. The molecule has 0 bridgehead atoms. The average Bonchev–Trinajstić information content (AvgIpc) is 2.66. The third-order valence-corrected chi connectivity index (χ3v) is 6.63. The molecule has 31 heavy (non-hydrogen) atoms. The van der Waals surface area contributed by atoms with Gasteiger partial charge >= 0.3 is 11.9 Å². The Bertz CT molecular complexity index is 1110. The average molecular weight is 560 g/mol. The number of carbonyl (C=O) groups excluding carboxylic acids is 2. The van der Waals surface area contributed by atoms with E-state index in [-0.39, 0.29) is 27.0 Å². The number of ether oxygens (including phenoxy) is 1. The lowest BCUT2D eigenvalue weighted by molar-refractivity contribution is -0.385. The van der Waals surface area contributed by atoms with E-state index in [9.17, 15) is 34.9 Å². The Balaban J connectivity index is 2.30. The first-order valence-electron chi connectivity index (χ1n) is 8.61. The van der Waals surface area contributed by atoms with E-state index in [4.69, 9.17) is 4.74 Å². The molecule has 1 atom stereocenters. The second kappa shape index (κ2) is 9.20. The summed E-state index contributed by atoms with van der Waals surface area (Å²) in [4.78, 5) is 45.7. The van der Waals surface area contributed by atoms with Crippen molar-refractivity contribution in [1.29, 1.82) is 0 Å². The van der Waals surface area contributed by atoms with Crippen LogP contribution in [-0.2, 0) is 26.3 Å². The summed E-state index contributed by atoms with van der Waals surface area (Å²) in [7, 11) is 0. The van der Waals surface area contributed by atoms with E-state index in [1.54, 1.807) is 6.92 Å². The van der Waals surface area contributed by atoms with Crippen molar-refractivity contribution >= 4 is 55.2 Å². The van der Waals surface area contributed by atoms with Crippen LogP contribution in [0.15, 0.2) is 33.2 Å². The highest BCUT2D eigenvalue weighted by atomic mass is 79.9. The van der Waals surface area contributed by atoms with Gasteiger partial charge in [-0.3, -0.25) is 25.0 Å². The van der Waals surface area contributed by atoms with Crippen LogP contribution in [0.1, 0.15) is 29.2 Å². The van der Waals surface area contributed by atoms with Crippen molar-refractivity contribution in [3.05, 3.63) is 75.7 Å². The molecule has 1 unspecified atom stereocenters. The number of non-ortho nitro benzene ring substituents is 2. The predicted octanol–water partition coefficient (Wildman–Crippen LogP) is 4.16. The first-order valence-corrected chi connectivity index (χ1v) is 10.2. The SMILES string of the molecule is Cc1cc([N+](=O)[O-])cc(CC(=O)OC(=O)C(C)(O)c2cc([N+](=O)[O-])cc(C)c2Br)c1Br. The summed E-state index contributed by atoms with van der Waals surface area (Å²) in [5.74, 6) is -2.42. The zero-order valence-electron chi connectivity index (χ0n) is 16.5. The van der Waals surface area contributed by atoms with Gasteiger partial charge in [-0.25, -0.2) is 4.79 Å². The van der Waals surface area contributed by atoms with Crippen LogP contribution in [0, 0.1) is 34.1 Å². The summed E-state index contributed by atoms with van der Waals surface area (Å²) in [5, 5.41) is 32.9. The Hall–Kier alpha value is -2.70. The van der Waals surface area contributed by atoms with E-state index >= 15 is 0 Å². The molecule has 12 heteroatoms. The third-order valence-electron chi connectivity index (χ3n) is 4.44. The van der Waals surface area contributed by atoms with Crippen molar-refractivity contribution in [3.63, 3.8) is 0 Å². The standard InChI is InChI=1S/C19H16Br2N2O8/c1-9-4-12(22(27)28)6-11(16(9)20)7-15(24)31-18(25)19(3,26)14-8-13(23(29)30)5-10(2)17(14)21/h4-6,8,26H,7H2,1-3H3. The van der Waals surface area contributed by atoms with Gasteiger partial charge in [-0.15, -0.1) is 0 Å². The molecule has 0 saturated heterocycles. The molecule has 0 heterocycles. The maximum Gasteiger partial charge on any atom is 0.350 e. The fourth-order valence-electron chi connectivity index (χ4n) is 2.77. The van der Waals surface area contributed by atoms with Gasteiger partial charge in [0, 0.05) is 38.8 Å². The van der Waals surface area contributed by atoms with E-state index < -0.39 is 33.8 Å². The quantitative estimate of drug-likeness (QED) is 0.240. The number of hydrogen-bond acceptors (Lipinski definition) is 8. The minimum Gasteiger partial charge on any atom is -0.390 e. The van der Waals surface area contributed by atoms with Crippen LogP contribution in [0.5, 0.6) is 0 Å². The Labute approximate surface area is 192 Å². The molecule has 0 spiro atoms. The maximum atomic E-state index is 12.5. The molecule has 0 radical (unpaired) electrons. The van der Waals surface area contributed by atoms with Crippen LogP contribution in [-0.4, -0.2) is 26.9 Å². The maximum absolute atomic E-state index is 12.5. The van der Waals surface area contributed by atoms with Crippen molar-refractivity contribution < 1.29 is 29.3 Å². The molecule has 2 aromatic rings. The highest BCUT2D eigenvalue weighted by Gasteiger charge is 2.39. The van der Waals surface area contributed by atoms with Crippen LogP contribution in [0.3, 0.4) is 0 Å². The van der Waals surface area contributed by atoms with E-state index in [0.29, 0.717) is 15.6 Å². The number of nitrogens with zero attached hydrogens (tertiary/aromatic N) is 2. The second-order valence-corrected chi connectivity index (χ2v) is 8.47. The fraction of sp³-hybridized carbons (Fsp3) is 0.263. The van der Waals surface area contributed by atoms with E-state index in [0.717, 1.165) is 13.0 Å². The highest BCUT2D eigenvalue weighted by Crippen LogP contribution is 2.35. The zero-order valence-corrected chi connectivity index (χ0v) is 19.6. The predicted molar refractivity (Wildman–Crippen MR) is 115 cm³/mol. The van der Waals surface area contributed by atoms with E-state index in [2.05, 4.69) is 31.9 Å². The van der Waals surface area contributed by atoms with Gasteiger partial charge in [0.25, 0.3) is 11.4 Å². The van der Waals surface area contributed by atoms with Crippen molar-refractivity contribution in [1.82, 2.24) is 0 Å². The Morgan fingerprint density at radius 1 is 1.00 bits per heavy atom. The Kier molecular flexibility index (Phi) is 7.29. The summed E-state index contributed by atoms with van der Waals surface area (Å²) in [6.45, 7) is 4.18. The molecule has 0 fully saturated rings. The lowest BCUT2D eigenvalue weighted by atomic mass is 9.94. The van der Waals surface area contributed by atoms with Crippen LogP contribution < -0.4 is 0 Å². The number of hydrogen-bond donors (Lipinski definition) is 1. The number of nitro benzene ring substituents is 2. The lowest BCUT2D eigenvalue weighted by Crippen LogP contribution is -2.36. The molecule has 0 aliphatic carbocycles. The number of halogens is 2. The molecule has 2 rings (SSSR count). The molecular weight excluding hydrogens is 544 g/mol. The molecule has 0 amide bonds. The largest absolute Gasteiger partial charge is 0.390 e. The number of carbonyl (C=O) groups is 2. The number of esters is 2. The van der Waals surface area contributed by atoms with Crippen LogP contribution in [0.4, 0.5) is 11.4 Å². The summed E-state index contributed by atoms with van der Waals surface area (Å²) in [6.07, 6.45) is -0.486. The fourth-order valence-corrected chi connectivity index (χ4v) is 3.75. The molecule has 0 aliphatic heterocycles. The second-order valence-electron chi connectivity index (χ2n) is 6.88. The van der Waals surface area contributed by atoms with Crippen LogP contribution >= 0.6 is 31.9 Å². The zero-order chi connectivity index (χ0) is 23.7. The lowest BCUT2D eigenvalue weighted by Gasteiger charge is -2.23. The number of aliphatic hydroxyl groups is 1. The van der Waals surface area contributed by atoms with Gasteiger partial charge in [-0.05, 0) is 37.5 Å². The number of benzene rings is 2. The van der Waals surface area contributed by atoms with E-state index in [1.165, 1.54) is 25.1 Å². The van der Waals surface area contributed by atoms with E-state index in [1.807, 2.05) is 0 Å². The highest BCUT2D eigenvalue weighted by molar-refractivity contribution is 9.10. The third kappa shape index (κ3) is 5.32. The van der Waals surface area contributed by atoms with Crippen molar-refractivity contribution in [2.75, 3.05) is 0 Å². The van der Waals surface area contributed by atoms with Crippen molar-refractivity contribution in [2.45, 2.75) is 32.8 Å². The molecule has 0 saturated carbocycles. The molecule has 10 nitrogen and oxygen atoms in total. The summed E-state index contributed by atoms with van der Waals surface area (Å²) >= 11 is 6.42. The van der Waals surface area contributed by atoms with Crippen molar-refractivity contribution in [2.24, 2.45) is 0 Å². The first-order chi connectivity index (χ1) is 14.2. The first kappa shape index (κ1) is 24.6. The van der Waals surface area contributed by atoms with Gasteiger partial charge in [0.15, 0.2) is 5.60 Å². The number of aryl methyl sites for hydroxylation is 2. The van der Waals surface area contributed by atoms with Gasteiger partial charge in [0.05, 0.1) is 16.3 Å². The summed E-state index contributed by atoms with van der Waals surface area (Å²) in [6, 6.07) is 4.74. The van der Waals surface area contributed by atoms with Gasteiger partial charge in [-0.2, -0.15) is 0 Å². The van der Waals surface area contributed by atoms with Crippen molar-refractivity contribution in [3.8, 4) is 0 Å². The topological polar surface area (TPSA) is 150 Å². The molecule has 0 aliphatic rings. The molecule has 164 valence electrons. The molecule has 2 aromatic carbocycles. The number of rotatable bonds is 6.